The molecule has 0 saturated carbocycles. The van der Waals surface area contributed by atoms with Gasteiger partial charge in [-0.15, -0.1) is 0 Å². The molecule has 0 spiro atoms. The third kappa shape index (κ3) is 5.92. The number of hydrogen-bond donors (Lipinski definition) is 1. The molecule has 0 aliphatic carbocycles. The lowest BCUT2D eigenvalue weighted by Crippen LogP contribution is -2.15. The molecular formula is C5H10NO. The quantitative estimate of drug-likeness (QED) is 0.418. The molecule has 0 aliphatic heterocycles. The van der Waals surface area contributed by atoms with E-state index in [9.17, 15) is 0 Å². The van der Waals surface area contributed by atoms with Crippen LogP contribution < -0.4 is 5.48 Å². The van der Waals surface area contributed by atoms with Gasteiger partial charge >= 0.3 is 0 Å². The smallest absolute Gasteiger partial charge is 0.0844 e. The van der Waals surface area contributed by atoms with Crippen molar-refractivity contribution in [2.24, 2.45) is 0 Å². The van der Waals surface area contributed by atoms with E-state index in [-0.39, 0.29) is 6.10 Å². The fourth-order valence-corrected chi connectivity index (χ4v) is 0.160. The van der Waals surface area contributed by atoms with Crippen molar-refractivity contribution in [3.8, 4) is 0 Å². The van der Waals surface area contributed by atoms with Crippen LogP contribution in [0.2, 0.25) is 0 Å². The van der Waals surface area contributed by atoms with Crippen LogP contribution in [0.4, 0.5) is 0 Å². The molecule has 0 saturated heterocycles. The molecule has 0 aromatic heterocycles. The van der Waals surface area contributed by atoms with Crippen molar-refractivity contribution >= 4 is 0 Å². The van der Waals surface area contributed by atoms with Crippen molar-refractivity contribution in [1.29, 1.82) is 0 Å². The highest BCUT2D eigenvalue weighted by Crippen LogP contribution is 1.80. The lowest BCUT2D eigenvalue weighted by atomic mass is 10.5. The number of hydrogen-bond acceptors (Lipinski definition) is 2. The van der Waals surface area contributed by atoms with Crippen LogP contribution in [-0.2, 0) is 4.84 Å². The highest BCUT2D eigenvalue weighted by atomic mass is 16.7. The molecule has 2 heteroatoms. The predicted octanol–water partition coefficient (Wildman–Crippen LogP) is 0.789. The molecule has 41 valence electrons. The molecule has 0 heterocycles. The second-order valence-corrected chi connectivity index (χ2v) is 1.28. The van der Waals surface area contributed by atoms with E-state index in [1.807, 2.05) is 6.92 Å². The Hall–Kier alpha value is -0.0800. The fourth-order valence-electron chi connectivity index (χ4n) is 0.160. The molecule has 0 aliphatic rings. The first-order valence-electron chi connectivity index (χ1n) is 2.18. The molecule has 0 rings (SSSR count). The van der Waals surface area contributed by atoms with Gasteiger partial charge in [0.1, 0.15) is 0 Å². The van der Waals surface area contributed by atoms with Gasteiger partial charge in [-0.05, 0) is 20.8 Å². The van der Waals surface area contributed by atoms with Crippen LogP contribution >= 0.6 is 0 Å². The van der Waals surface area contributed by atoms with Gasteiger partial charge in [-0.3, -0.25) is 4.84 Å². The highest BCUT2D eigenvalue weighted by molar-refractivity contribution is 4.48. The third-order valence-electron chi connectivity index (χ3n) is 0.362. The van der Waals surface area contributed by atoms with Crippen LogP contribution in [-0.4, -0.2) is 6.10 Å². The molecule has 2 nitrogen and oxygen atoms in total. The molecule has 1 N–H and O–H groups in total. The summed E-state index contributed by atoms with van der Waals surface area (Å²) in [7, 11) is 0. The molecule has 0 amide bonds. The fraction of sp³-hybridized carbons (Fsp3) is 0.600. The molecular weight excluding hydrogens is 90.1 g/mol. The largest absolute Gasteiger partial charge is 0.298 e. The van der Waals surface area contributed by atoms with E-state index in [1.165, 1.54) is 0 Å². The van der Waals surface area contributed by atoms with Crippen LogP contribution in [0.25, 0.3) is 0 Å². The summed E-state index contributed by atoms with van der Waals surface area (Å²) in [6.45, 7) is 9.70. The third-order valence-corrected chi connectivity index (χ3v) is 0.362. The first kappa shape index (κ1) is 6.92. The zero-order chi connectivity index (χ0) is 5.70. The van der Waals surface area contributed by atoms with Gasteiger partial charge in [-0.25, -0.2) is 0 Å². The molecule has 0 aromatic rings. The van der Waals surface area contributed by atoms with Crippen molar-refractivity contribution in [3.63, 3.8) is 0 Å². The Bertz CT molecular complexity index is 37.1. The van der Waals surface area contributed by atoms with Gasteiger partial charge in [0, 0.05) is 0 Å². The van der Waals surface area contributed by atoms with E-state index >= 15 is 0 Å². The summed E-state index contributed by atoms with van der Waals surface area (Å²) in [4.78, 5) is 4.72. The monoisotopic (exact) mass is 100 g/mol. The van der Waals surface area contributed by atoms with Crippen LogP contribution in [0.15, 0.2) is 0 Å². The second kappa shape index (κ2) is 4.09. The second-order valence-electron chi connectivity index (χ2n) is 1.28. The van der Waals surface area contributed by atoms with Crippen molar-refractivity contribution in [2.75, 3.05) is 0 Å². The minimum absolute atomic E-state index is 0.0209. The van der Waals surface area contributed by atoms with E-state index in [0.717, 1.165) is 0 Å². The highest BCUT2D eigenvalue weighted by Gasteiger charge is 1.87. The van der Waals surface area contributed by atoms with Gasteiger partial charge in [0.25, 0.3) is 0 Å². The summed E-state index contributed by atoms with van der Waals surface area (Å²) in [5.41, 5.74) is 2.44. The Balaban J connectivity index is 2.68. The van der Waals surface area contributed by atoms with Crippen molar-refractivity contribution in [3.05, 3.63) is 13.5 Å². The maximum Gasteiger partial charge on any atom is 0.0844 e. The van der Waals surface area contributed by atoms with E-state index in [0.29, 0.717) is 0 Å². The zero-order valence-corrected chi connectivity index (χ0v) is 4.69. The maximum absolute atomic E-state index is 4.72. The van der Waals surface area contributed by atoms with E-state index in [1.54, 1.807) is 6.92 Å². The Kier molecular flexibility index (Phi) is 4.04. The van der Waals surface area contributed by atoms with E-state index in [2.05, 4.69) is 18.9 Å². The van der Waals surface area contributed by atoms with Crippen molar-refractivity contribution in [2.45, 2.75) is 20.0 Å². The first-order valence-corrected chi connectivity index (χ1v) is 2.18. The van der Waals surface area contributed by atoms with Gasteiger partial charge in [0.15, 0.2) is 0 Å². The van der Waals surface area contributed by atoms with Gasteiger partial charge in [-0.1, -0.05) is 0 Å². The molecule has 0 bridgehead atoms. The molecule has 1 atom stereocenters. The topological polar surface area (TPSA) is 21.3 Å². The van der Waals surface area contributed by atoms with Gasteiger partial charge in [0.05, 0.1) is 12.6 Å². The number of rotatable bonds is 3. The Morgan fingerprint density at radius 2 is 2.43 bits per heavy atom. The summed E-state index contributed by atoms with van der Waals surface area (Å²) in [5.74, 6) is 0. The average Bonchev–Trinajstić information content (AvgIpc) is 1.61. The minimum Gasteiger partial charge on any atom is -0.298 e. The van der Waals surface area contributed by atoms with Gasteiger partial charge < -0.3 is 0 Å². The van der Waals surface area contributed by atoms with Crippen molar-refractivity contribution in [1.82, 2.24) is 5.48 Å². The lowest BCUT2D eigenvalue weighted by molar-refractivity contribution is 0.0258. The summed E-state index contributed by atoms with van der Waals surface area (Å²) in [6.07, 6.45) is -0.0209. The molecule has 7 heavy (non-hydrogen) atoms. The van der Waals surface area contributed by atoms with Crippen LogP contribution in [0.1, 0.15) is 13.8 Å². The van der Waals surface area contributed by atoms with Crippen LogP contribution in [0.5, 0.6) is 0 Å². The molecule has 0 fully saturated rings. The van der Waals surface area contributed by atoms with E-state index in [4.69, 9.17) is 4.84 Å². The summed E-state index contributed by atoms with van der Waals surface area (Å²) in [6, 6.07) is 0. The predicted molar refractivity (Wildman–Crippen MR) is 28.0 cm³/mol. The average molecular weight is 100 g/mol. The lowest BCUT2D eigenvalue weighted by Gasteiger charge is -2.03. The van der Waals surface area contributed by atoms with E-state index < -0.39 is 0 Å². The standard InChI is InChI=1S/C5H10NO/c1-4-6-7-5(2)3/h5-6H,2H2,1,3H3. The minimum atomic E-state index is -0.0209. The first-order chi connectivity index (χ1) is 3.27. The zero-order valence-electron chi connectivity index (χ0n) is 4.69. The normalized spacial score (nSPS) is 10.3. The Morgan fingerprint density at radius 3 is 2.57 bits per heavy atom. The summed E-state index contributed by atoms with van der Waals surface area (Å²) in [5, 5.41) is 0. The van der Waals surface area contributed by atoms with Gasteiger partial charge in [-0.2, -0.15) is 5.48 Å². The summed E-state index contributed by atoms with van der Waals surface area (Å²) >= 11 is 0. The van der Waals surface area contributed by atoms with Crippen LogP contribution in [0.3, 0.4) is 0 Å². The van der Waals surface area contributed by atoms with Gasteiger partial charge in [0.2, 0.25) is 0 Å². The Labute approximate surface area is 44.8 Å². The SMILES string of the molecule is [CH2]C(C)ON[C]C. The van der Waals surface area contributed by atoms with Crippen LogP contribution in [0, 0.1) is 13.5 Å². The molecule has 3 radical (unpaired) electrons. The molecule has 1 unspecified atom stereocenters. The van der Waals surface area contributed by atoms with Crippen molar-refractivity contribution < 1.29 is 4.84 Å². The summed E-state index contributed by atoms with van der Waals surface area (Å²) < 4.78 is 0. The molecule has 0 aromatic carbocycles. The Morgan fingerprint density at radius 1 is 1.86 bits per heavy atom. The number of nitrogens with one attached hydrogen (secondary N) is 1. The number of hydroxylamine groups is 1. The maximum atomic E-state index is 4.72.